The van der Waals surface area contributed by atoms with Crippen LogP contribution >= 0.6 is 0 Å². The van der Waals surface area contributed by atoms with Crippen LogP contribution in [0.2, 0.25) is 0 Å². The number of sulfonamides is 1. The molecule has 0 fully saturated rings. The summed E-state index contributed by atoms with van der Waals surface area (Å²) in [6.45, 7) is 6.17. The highest BCUT2D eigenvalue weighted by Crippen LogP contribution is 2.18. The molecule has 1 heterocycles. The maximum absolute atomic E-state index is 12.1. The van der Waals surface area contributed by atoms with E-state index in [0.717, 1.165) is 0 Å². The summed E-state index contributed by atoms with van der Waals surface area (Å²) in [6, 6.07) is 2.81. The van der Waals surface area contributed by atoms with Gasteiger partial charge in [0, 0.05) is 19.8 Å². The van der Waals surface area contributed by atoms with Gasteiger partial charge in [0.05, 0.1) is 0 Å². The molecule has 1 N–H and O–H groups in total. The van der Waals surface area contributed by atoms with Crippen LogP contribution in [0.15, 0.2) is 28.0 Å². The third kappa shape index (κ3) is 3.41. The van der Waals surface area contributed by atoms with Gasteiger partial charge in [-0.1, -0.05) is 20.8 Å². The first kappa shape index (κ1) is 13.9. The molecule has 1 aromatic rings. The van der Waals surface area contributed by atoms with Crippen molar-refractivity contribution >= 4 is 10.0 Å². The third-order valence-electron chi connectivity index (χ3n) is 2.17. The van der Waals surface area contributed by atoms with Gasteiger partial charge in [0.1, 0.15) is 4.90 Å². The highest BCUT2D eigenvalue weighted by molar-refractivity contribution is 7.89. The van der Waals surface area contributed by atoms with E-state index < -0.39 is 15.6 Å². The number of H-pyrrole nitrogens is 1. The van der Waals surface area contributed by atoms with Crippen LogP contribution in [0.3, 0.4) is 0 Å². The zero-order valence-electron chi connectivity index (χ0n) is 10.5. The Morgan fingerprint density at radius 2 is 1.94 bits per heavy atom. The molecule has 1 rings (SSSR count). The number of rotatable bonds is 3. The molecule has 0 aliphatic heterocycles. The highest BCUT2D eigenvalue weighted by atomic mass is 32.2. The Balaban J connectivity index is 3.13. The standard InChI is InChI=1S/C11H18N2O3S/c1-11(2,3)8-13(4)17(15,16)9-6-5-7-12-10(9)14/h5-7H,8H2,1-4H3,(H,12,14). The van der Waals surface area contributed by atoms with E-state index >= 15 is 0 Å². The Labute approximate surface area is 102 Å². The van der Waals surface area contributed by atoms with Crippen molar-refractivity contribution in [1.29, 1.82) is 0 Å². The second-order valence-electron chi connectivity index (χ2n) is 5.19. The lowest BCUT2D eigenvalue weighted by molar-refractivity contribution is 0.310. The van der Waals surface area contributed by atoms with Gasteiger partial charge in [0.15, 0.2) is 0 Å². The van der Waals surface area contributed by atoms with Crippen molar-refractivity contribution in [3.8, 4) is 0 Å². The molecule has 0 amide bonds. The smallest absolute Gasteiger partial charge is 0.268 e. The second kappa shape index (κ2) is 4.62. The molecule has 0 aliphatic rings. The highest BCUT2D eigenvalue weighted by Gasteiger charge is 2.27. The minimum atomic E-state index is -3.71. The van der Waals surface area contributed by atoms with Crippen LogP contribution in [-0.2, 0) is 10.0 Å². The fourth-order valence-corrected chi connectivity index (χ4v) is 2.97. The van der Waals surface area contributed by atoms with Gasteiger partial charge in [0.25, 0.3) is 5.56 Å². The van der Waals surface area contributed by atoms with Gasteiger partial charge < -0.3 is 4.98 Å². The van der Waals surface area contributed by atoms with Crippen LogP contribution in [0, 0.1) is 5.41 Å². The summed E-state index contributed by atoms with van der Waals surface area (Å²) in [5.41, 5.74) is -0.753. The van der Waals surface area contributed by atoms with Crippen molar-refractivity contribution in [3.05, 3.63) is 28.7 Å². The Hall–Kier alpha value is -1.14. The minimum absolute atomic E-state index is 0.163. The summed E-state index contributed by atoms with van der Waals surface area (Å²) < 4.78 is 25.5. The van der Waals surface area contributed by atoms with E-state index in [1.165, 1.54) is 29.7 Å². The molecule has 17 heavy (non-hydrogen) atoms. The van der Waals surface area contributed by atoms with Crippen molar-refractivity contribution in [2.45, 2.75) is 25.7 Å². The molecule has 0 atom stereocenters. The average Bonchev–Trinajstić information content (AvgIpc) is 2.15. The number of pyridine rings is 1. The first-order valence-electron chi connectivity index (χ1n) is 5.29. The Bertz CT molecular complexity index is 540. The molecule has 0 saturated carbocycles. The third-order valence-corrected chi connectivity index (χ3v) is 3.99. The van der Waals surface area contributed by atoms with E-state index in [4.69, 9.17) is 0 Å². The fraction of sp³-hybridized carbons (Fsp3) is 0.545. The zero-order chi connectivity index (χ0) is 13.3. The number of nitrogens with one attached hydrogen (secondary N) is 1. The molecule has 6 heteroatoms. The van der Waals surface area contributed by atoms with E-state index in [9.17, 15) is 13.2 Å². The Kier molecular flexibility index (Phi) is 3.78. The fourth-order valence-electron chi connectivity index (χ4n) is 1.53. The minimum Gasteiger partial charge on any atom is -0.328 e. The van der Waals surface area contributed by atoms with Crippen LogP contribution in [0.4, 0.5) is 0 Å². The Morgan fingerprint density at radius 3 is 2.41 bits per heavy atom. The summed E-state index contributed by atoms with van der Waals surface area (Å²) in [7, 11) is -2.23. The normalized spacial score (nSPS) is 13.0. The van der Waals surface area contributed by atoms with Crippen LogP contribution in [0.5, 0.6) is 0 Å². The molecule has 0 aliphatic carbocycles. The quantitative estimate of drug-likeness (QED) is 0.880. The lowest BCUT2D eigenvalue weighted by Crippen LogP contribution is -2.36. The van der Waals surface area contributed by atoms with Crippen molar-refractivity contribution in [2.75, 3.05) is 13.6 Å². The van der Waals surface area contributed by atoms with Gasteiger partial charge in [-0.05, 0) is 17.5 Å². The van der Waals surface area contributed by atoms with Crippen molar-refractivity contribution in [3.63, 3.8) is 0 Å². The van der Waals surface area contributed by atoms with Crippen LogP contribution in [0.1, 0.15) is 20.8 Å². The van der Waals surface area contributed by atoms with Crippen LogP contribution in [0.25, 0.3) is 0 Å². The Morgan fingerprint density at radius 1 is 1.35 bits per heavy atom. The molecule has 0 radical (unpaired) electrons. The summed E-state index contributed by atoms with van der Waals surface area (Å²) >= 11 is 0. The molecule has 0 unspecified atom stereocenters. The first-order chi connectivity index (χ1) is 7.64. The summed E-state index contributed by atoms with van der Waals surface area (Å²) in [6.07, 6.45) is 1.41. The van der Waals surface area contributed by atoms with E-state index in [-0.39, 0.29) is 10.3 Å². The second-order valence-corrected chi connectivity index (χ2v) is 7.20. The van der Waals surface area contributed by atoms with E-state index in [1.54, 1.807) is 0 Å². The average molecular weight is 258 g/mol. The maximum Gasteiger partial charge on any atom is 0.268 e. The number of aromatic amines is 1. The van der Waals surface area contributed by atoms with E-state index in [0.29, 0.717) is 6.54 Å². The lowest BCUT2D eigenvalue weighted by Gasteiger charge is -2.25. The zero-order valence-corrected chi connectivity index (χ0v) is 11.3. The van der Waals surface area contributed by atoms with E-state index in [2.05, 4.69) is 4.98 Å². The van der Waals surface area contributed by atoms with Gasteiger partial charge in [-0.2, -0.15) is 0 Å². The van der Waals surface area contributed by atoms with Crippen molar-refractivity contribution < 1.29 is 8.42 Å². The molecular weight excluding hydrogens is 240 g/mol. The maximum atomic E-state index is 12.1. The predicted octanol–water partition coefficient (Wildman–Crippen LogP) is 1.04. The summed E-state index contributed by atoms with van der Waals surface area (Å²) in [4.78, 5) is 13.6. The number of aromatic nitrogens is 1. The van der Waals surface area contributed by atoms with Gasteiger partial charge in [-0.25, -0.2) is 12.7 Å². The molecule has 0 aromatic carbocycles. The van der Waals surface area contributed by atoms with Crippen LogP contribution in [-0.4, -0.2) is 31.3 Å². The van der Waals surface area contributed by atoms with Gasteiger partial charge in [0.2, 0.25) is 10.0 Å². The van der Waals surface area contributed by atoms with E-state index in [1.807, 2.05) is 20.8 Å². The number of nitrogens with zero attached hydrogens (tertiary/aromatic N) is 1. The molecule has 1 aromatic heterocycles. The SMILES string of the molecule is CN(CC(C)(C)C)S(=O)(=O)c1ccc[nH]c1=O. The summed E-state index contributed by atoms with van der Waals surface area (Å²) in [5, 5.41) is 0. The summed E-state index contributed by atoms with van der Waals surface area (Å²) in [5.74, 6) is 0. The largest absolute Gasteiger partial charge is 0.328 e. The molecule has 0 bridgehead atoms. The van der Waals surface area contributed by atoms with Gasteiger partial charge in [-0.15, -0.1) is 0 Å². The lowest BCUT2D eigenvalue weighted by atomic mass is 9.97. The molecule has 5 nitrogen and oxygen atoms in total. The molecular formula is C11H18N2O3S. The molecule has 0 spiro atoms. The topological polar surface area (TPSA) is 70.2 Å². The van der Waals surface area contributed by atoms with Gasteiger partial charge >= 0.3 is 0 Å². The van der Waals surface area contributed by atoms with Gasteiger partial charge in [-0.3, -0.25) is 4.79 Å². The first-order valence-corrected chi connectivity index (χ1v) is 6.73. The monoisotopic (exact) mass is 258 g/mol. The predicted molar refractivity (Wildman–Crippen MR) is 66.3 cm³/mol. The van der Waals surface area contributed by atoms with Crippen molar-refractivity contribution in [2.24, 2.45) is 5.41 Å². The van der Waals surface area contributed by atoms with Crippen molar-refractivity contribution in [1.82, 2.24) is 9.29 Å². The van der Waals surface area contributed by atoms with Crippen LogP contribution < -0.4 is 5.56 Å². The number of hydrogen-bond donors (Lipinski definition) is 1. The number of hydrogen-bond acceptors (Lipinski definition) is 3. The molecule has 96 valence electrons. The molecule has 0 saturated heterocycles.